The average Bonchev–Trinajstić information content (AvgIpc) is 2.65. The van der Waals surface area contributed by atoms with Gasteiger partial charge in [0, 0.05) is 6.42 Å². The average molecular weight is 403 g/mol. The molecule has 0 aromatic carbocycles. The molecule has 7 heteroatoms. The van der Waals surface area contributed by atoms with E-state index in [1.807, 2.05) is 6.92 Å². The Hall–Kier alpha value is -1.63. The third-order valence-electron chi connectivity index (χ3n) is 4.45. The summed E-state index contributed by atoms with van der Waals surface area (Å²) in [4.78, 5) is 36.8. The number of ether oxygens (including phenoxy) is 3. The molecular weight excluding hydrogens is 364 g/mol. The van der Waals surface area contributed by atoms with E-state index in [9.17, 15) is 19.5 Å². The van der Waals surface area contributed by atoms with Crippen molar-refractivity contribution in [3.63, 3.8) is 0 Å². The van der Waals surface area contributed by atoms with E-state index in [1.54, 1.807) is 13.8 Å². The lowest BCUT2D eigenvalue weighted by atomic mass is 9.91. The fourth-order valence-corrected chi connectivity index (χ4v) is 2.50. The summed E-state index contributed by atoms with van der Waals surface area (Å²) in [7, 11) is 0. The van der Waals surface area contributed by atoms with Gasteiger partial charge in [-0.2, -0.15) is 0 Å². The molecule has 0 spiro atoms. The van der Waals surface area contributed by atoms with Gasteiger partial charge in [-0.15, -0.1) is 0 Å². The molecule has 0 radical (unpaired) electrons. The highest BCUT2D eigenvalue weighted by atomic mass is 16.5. The van der Waals surface area contributed by atoms with Crippen molar-refractivity contribution < 1.29 is 33.7 Å². The van der Waals surface area contributed by atoms with Crippen molar-refractivity contribution in [2.75, 3.05) is 19.8 Å². The topological polar surface area (TPSA) is 99.1 Å². The number of aliphatic hydroxyl groups excluding tert-OH is 1. The second kappa shape index (κ2) is 16.3. The SMILES string of the molecule is CCCCCOC(=O)C(C)C(CC(=O)OCCC(C)O)C(=O)OCCCCC. The van der Waals surface area contributed by atoms with Crippen LogP contribution in [0, 0.1) is 11.8 Å². The molecule has 3 unspecified atom stereocenters. The summed E-state index contributed by atoms with van der Waals surface area (Å²) in [5.74, 6) is -3.43. The lowest BCUT2D eigenvalue weighted by molar-refractivity contribution is -0.164. The molecule has 0 fully saturated rings. The molecule has 0 saturated heterocycles. The molecular formula is C21H38O7. The van der Waals surface area contributed by atoms with Gasteiger partial charge in [0.2, 0.25) is 0 Å². The Labute approximate surface area is 169 Å². The zero-order chi connectivity index (χ0) is 21.4. The van der Waals surface area contributed by atoms with Crippen molar-refractivity contribution >= 4 is 17.9 Å². The Morgan fingerprint density at radius 1 is 0.786 bits per heavy atom. The van der Waals surface area contributed by atoms with Gasteiger partial charge in [0.15, 0.2) is 0 Å². The molecule has 164 valence electrons. The first kappa shape index (κ1) is 26.4. The Morgan fingerprint density at radius 3 is 1.82 bits per heavy atom. The maximum absolute atomic E-state index is 12.5. The number of esters is 3. The number of hydrogen-bond donors (Lipinski definition) is 1. The summed E-state index contributed by atoms with van der Waals surface area (Å²) in [5, 5.41) is 9.23. The summed E-state index contributed by atoms with van der Waals surface area (Å²) < 4.78 is 15.6. The molecule has 0 aromatic rings. The summed E-state index contributed by atoms with van der Waals surface area (Å²) in [6, 6.07) is 0. The van der Waals surface area contributed by atoms with Crippen molar-refractivity contribution in [3.05, 3.63) is 0 Å². The van der Waals surface area contributed by atoms with E-state index >= 15 is 0 Å². The van der Waals surface area contributed by atoms with Gasteiger partial charge in [-0.25, -0.2) is 0 Å². The van der Waals surface area contributed by atoms with Crippen LogP contribution >= 0.6 is 0 Å². The van der Waals surface area contributed by atoms with Gasteiger partial charge in [-0.1, -0.05) is 46.5 Å². The van der Waals surface area contributed by atoms with Crippen molar-refractivity contribution in [2.24, 2.45) is 11.8 Å². The van der Waals surface area contributed by atoms with E-state index in [1.165, 1.54) is 0 Å². The maximum atomic E-state index is 12.5. The van der Waals surface area contributed by atoms with Crippen LogP contribution in [0.1, 0.15) is 79.1 Å². The number of carbonyl (C=O) groups excluding carboxylic acids is 3. The second-order valence-corrected chi connectivity index (χ2v) is 7.21. The first-order valence-electron chi connectivity index (χ1n) is 10.5. The molecule has 0 heterocycles. The maximum Gasteiger partial charge on any atom is 0.310 e. The molecule has 0 aliphatic carbocycles. The highest BCUT2D eigenvalue weighted by Crippen LogP contribution is 2.21. The zero-order valence-corrected chi connectivity index (χ0v) is 17.9. The molecule has 0 aromatic heterocycles. The van der Waals surface area contributed by atoms with Crippen LogP contribution in [0.4, 0.5) is 0 Å². The number of unbranched alkanes of at least 4 members (excludes halogenated alkanes) is 4. The fraction of sp³-hybridized carbons (Fsp3) is 0.857. The molecule has 0 amide bonds. The number of hydrogen-bond acceptors (Lipinski definition) is 7. The Kier molecular flexibility index (Phi) is 15.4. The van der Waals surface area contributed by atoms with Gasteiger partial charge < -0.3 is 19.3 Å². The van der Waals surface area contributed by atoms with Crippen molar-refractivity contribution in [1.29, 1.82) is 0 Å². The fourth-order valence-electron chi connectivity index (χ4n) is 2.50. The molecule has 0 saturated carbocycles. The molecule has 1 N–H and O–H groups in total. The minimum absolute atomic E-state index is 0.0601. The Balaban J connectivity index is 4.77. The molecule has 3 atom stereocenters. The molecule has 7 nitrogen and oxygen atoms in total. The largest absolute Gasteiger partial charge is 0.466 e. The summed E-state index contributed by atoms with van der Waals surface area (Å²) in [6.45, 7) is 7.89. The van der Waals surface area contributed by atoms with Crippen LogP contribution in [-0.2, 0) is 28.6 Å². The minimum atomic E-state index is -0.945. The Morgan fingerprint density at radius 2 is 1.32 bits per heavy atom. The first-order chi connectivity index (χ1) is 13.3. The van der Waals surface area contributed by atoms with Crippen LogP contribution in [0.15, 0.2) is 0 Å². The predicted octanol–water partition coefficient (Wildman–Crippen LogP) is 3.41. The summed E-state index contributed by atoms with van der Waals surface area (Å²) >= 11 is 0. The van der Waals surface area contributed by atoms with Crippen LogP contribution in [0.3, 0.4) is 0 Å². The van der Waals surface area contributed by atoms with Gasteiger partial charge >= 0.3 is 17.9 Å². The van der Waals surface area contributed by atoms with E-state index in [2.05, 4.69) is 6.92 Å². The zero-order valence-electron chi connectivity index (χ0n) is 17.9. The van der Waals surface area contributed by atoms with Gasteiger partial charge in [0.05, 0.1) is 44.2 Å². The van der Waals surface area contributed by atoms with Crippen LogP contribution in [-0.4, -0.2) is 48.9 Å². The van der Waals surface area contributed by atoms with E-state index in [-0.39, 0.29) is 19.6 Å². The number of rotatable bonds is 16. The van der Waals surface area contributed by atoms with Gasteiger partial charge in [-0.05, 0) is 19.8 Å². The van der Waals surface area contributed by atoms with Crippen LogP contribution in [0.25, 0.3) is 0 Å². The summed E-state index contributed by atoms with van der Waals surface area (Å²) in [6.07, 6.45) is 4.89. The third-order valence-corrected chi connectivity index (χ3v) is 4.45. The van der Waals surface area contributed by atoms with Crippen molar-refractivity contribution in [3.8, 4) is 0 Å². The molecule has 28 heavy (non-hydrogen) atoms. The first-order valence-corrected chi connectivity index (χ1v) is 10.5. The van der Waals surface area contributed by atoms with E-state index in [0.29, 0.717) is 13.0 Å². The van der Waals surface area contributed by atoms with Crippen LogP contribution < -0.4 is 0 Å². The van der Waals surface area contributed by atoms with E-state index < -0.39 is 35.8 Å². The van der Waals surface area contributed by atoms with E-state index in [0.717, 1.165) is 38.5 Å². The normalized spacial score (nSPS) is 14.0. The van der Waals surface area contributed by atoms with E-state index in [4.69, 9.17) is 14.2 Å². The van der Waals surface area contributed by atoms with Gasteiger partial charge in [0.1, 0.15) is 0 Å². The molecule has 0 aliphatic rings. The quantitative estimate of drug-likeness (QED) is 0.240. The standard InChI is InChI=1S/C21H38O7/c1-5-7-9-12-27-20(24)17(4)18(21(25)28-13-10-8-6-2)15-19(23)26-14-11-16(3)22/h16-18,22H,5-15H2,1-4H3. The molecule has 0 aliphatic heterocycles. The second-order valence-electron chi connectivity index (χ2n) is 7.21. The molecule has 0 rings (SSSR count). The van der Waals surface area contributed by atoms with Crippen LogP contribution in [0.5, 0.6) is 0 Å². The van der Waals surface area contributed by atoms with Gasteiger partial charge in [0.25, 0.3) is 0 Å². The minimum Gasteiger partial charge on any atom is -0.466 e. The summed E-state index contributed by atoms with van der Waals surface area (Å²) in [5.41, 5.74) is 0. The van der Waals surface area contributed by atoms with Gasteiger partial charge in [-0.3, -0.25) is 14.4 Å². The smallest absolute Gasteiger partial charge is 0.310 e. The highest BCUT2D eigenvalue weighted by molar-refractivity contribution is 5.85. The Bertz CT molecular complexity index is 448. The van der Waals surface area contributed by atoms with Crippen LogP contribution in [0.2, 0.25) is 0 Å². The van der Waals surface area contributed by atoms with Crippen molar-refractivity contribution in [1.82, 2.24) is 0 Å². The highest BCUT2D eigenvalue weighted by Gasteiger charge is 2.35. The molecule has 0 bridgehead atoms. The number of aliphatic hydroxyl groups is 1. The predicted molar refractivity (Wildman–Crippen MR) is 105 cm³/mol. The van der Waals surface area contributed by atoms with Crippen molar-refractivity contribution in [2.45, 2.75) is 85.2 Å². The number of carbonyl (C=O) groups is 3. The monoisotopic (exact) mass is 402 g/mol. The lowest BCUT2D eigenvalue weighted by Crippen LogP contribution is -2.33. The third kappa shape index (κ3) is 12.7. The lowest BCUT2D eigenvalue weighted by Gasteiger charge is -2.21.